The third-order valence-electron chi connectivity index (χ3n) is 3.80. The van der Waals surface area contributed by atoms with Gasteiger partial charge in [-0.1, -0.05) is 59.6 Å². The molecule has 0 saturated carbocycles. The molecule has 4 rings (SSSR count). The maximum Gasteiger partial charge on any atom is 0.216 e. The zero-order valence-electron chi connectivity index (χ0n) is 13.7. The van der Waals surface area contributed by atoms with Crippen LogP contribution in [0.5, 0.6) is 0 Å². The molecule has 0 unspecified atom stereocenters. The number of halogens is 2. The Morgan fingerprint density at radius 1 is 0.963 bits per heavy atom. The Kier molecular flexibility index (Phi) is 4.89. The second kappa shape index (κ2) is 7.48. The van der Waals surface area contributed by atoms with Crippen molar-refractivity contribution < 1.29 is 0 Å². The van der Waals surface area contributed by atoms with Gasteiger partial charge in [0.25, 0.3) is 0 Å². The van der Waals surface area contributed by atoms with Crippen molar-refractivity contribution in [2.75, 3.05) is 0 Å². The van der Waals surface area contributed by atoms with E-state index in [1.807, 2.05) is 42.5 Å². The van der Waals surface area contributed by atoms with Crippen LogP contribution in [0.2, 0.25) is 10.0 Å². The normalized spacial score (nSPS) is 11.3. The van der Waals surface area contributed by atoms with Gasteiger partial charge in [-0.3, -0.25) is 5.10 Å². The number of aromatic nitrogens is 5. The molecule has 0 atom stereocenters. The molecule has 0 spiro atoms. The second-order valence-electron chi connectivity index (χ2n) is 5.62. The molecule has 0 fully saturated rings. The van der Waals surface area contributed by atoms with E-state index in [0.717, 1.165) is 16.8 Å². The topological polar surface area (TPSA) is 74.7 Å². The molecule has 2 aromatic heterocycles. The average Bonchev–Trinajstić information content (AvgIpc) is 3.30. The molecule has 6 nitrogen and oxygen atoms in total. The number of benzene rings is 2. The maximum absolute atomic E-state index is 6.04. The lowest BCUT2D eigenvalue weighted by Gasteiger charge is -1.99. The van der Waals surface area contributed by atoms with Crippen molar-refractivity contribution in [3.05, 3.63) is 75.0 Å². The van der Waals surface area contributed by atoms with Crippen LogP contribution in [0.25, 0.3) is 22.8 Å². The molecule has 0 bridgehead atoms. The van der Waals surface area contributed by atoms with Crippen LogP contribution in [0.1, 0.15) is 5.56 Å². The lowest BCUT2D eigenvalue weighted by Crippen LogP contribution is -1.95. The highest BCUT2D eigenvalue weighted by Crippen LogP contribution is 2.23. The van der Waals surface area contributed by atoms with Crippen molar-refractivity contribution in [2.24, 2.45) is 5.10 Å². The zero-order chi connectivity index (χ0) is 18.8. The minimum absolute atomic E-state index is 0.358. The maximum atomic E-state index is 6.04. The molecule has 27 heavy (non-hydrogen) atoms. The predicted octanol–water partition coefficient (Wildman–Crippen LogP) is 5.19. The molecular weight excluding hydrogens is 403 g/mol. The summed E-state index contributed by atoms with van der Waals surface area (Å²) < 4.78 is 1.87. The molecule has 2 N–H and O–H groups in total. The van der Waals surface area contributed by atoms with E-state index in [0.29, 0.717) is 26.3 Å². The van der Waals surface area contributed by atoms with Gasteiger partial charge in [-0.2, -0.15) is 20.0 Å². The Labute approximate surface area is 169 Å². The van der Waals surface area contributed by atoms with Gasteiger partial charge in [-0.05, 0) is 36.0 Å². The van der Waals surface area contributed by atoms with E-state index in [9.17, 15) is 0 Å². The molecule has 9 heteroatoms. The van der Waals surface area contributed by atoms with Crippen LogP contribution in [-0.2, 0) is 0 Å². The number of rotatable bonds is 4. The number of aromatic amines is 2. The minimum atomic E-state index is 0.358. The van der Waals surface area contributed by atoms with Gasteiger partial charge >= 0.3 is 0 Å². The van der Waals surface area contributed by atoms with E-state index in [4.69, 9.17) is 35.4 Å². The van der Waals surface area contributed by atoms with Gasteiger partial charge < -0.3 is 0 Å². The quantitative estimate of drug-likeness (QED) is 0.356. The first-order valence-corrected chi connectivity index (χ1v) is 9.06. The summed E-state index contributed by atoms with van der Waals surface area (Å²) in [5.74, 6) is 0.519. The van der Waals surface area contributed by atoms with E-state index in [1.54, 1.807) is 18.3 Å². The Bertz CT molecular complexity index is 1180. The Morgan fingerprint density at radius 3 is 2.56 bits per heavy atom. The van der Waals surface area contributed by atoms with Gasteiger partial charge in [-0.25, -0.2) is 5.10 Å². The Hall–Kier alpha value is -2.74. The summed E-state index contributed by atoms with van der Waals surface area (Å²) in [7, 11) is 0. The highest BCUT2D eigenvalue weighted by Gasteiger charge is 2.12. The molecule has 2 heterocycles. The average molecular weight is 415 g/mol. The van der Waals surface area contributed by atoms with Crippen LogP contribution in [0.3, 0.4) is 0 Å². The Morgan fingerprint density at radius 2 is 1.78 bits per heavy atom. The molecule has 0 amide bonds. The summed E-state index contributed by atoms with van der Waals surface area (Å²) in [5.41, 5.74) is 3.28. The monoisotopic (exact) mass is 414 g/mol. The van der Waals surface area contributed by atoms with Crippen LogP contribution in [0.15, 0.2) is 59.7 Å². The second-order valence-corrected chi connectivity index (χ2v) is 6.82. The first-order valence-electron chi connectivity index (χ1n) is 7.90. The summed E-state index contributed by atoms with van der Waals surface area (Å²) in [6.45, 7) is 0. The van der Waals surface area contributed by atoms with E-state index in [2.05, 4.69) is 25.5 Å². The summed E-state index contributed by atoms with van der Waals surface area (Å²) in [6, 6.07) is 17.0. The fraction of sp³-hybridized carbons (Fsp3) is 0. The number of hydrogen-bond acceptors (Lipinski definition) is 4. The summed E-state index contributed by atoms with van der Waals surface area (Å²) in [4.78, 5) is 0. The molecular formula is C18H12Cl2N6S. The largest absolute Gasteiger partial charge is 0.274 e. The summed E-state index contributed by atoms with van der Waals surface area (Å²) in [6.07, 6.45) is 1.63. The highest BCUT2D eigenvalue weighted by atomic mass is 35.5. The fourth-order valence-corrected chi connectivity index (χ4v) is 2.97. The third kappa shape index (κ3) is 3.71. The first-order chi connectivity index (χ1) is 13.1. The van der Waals surface area contributed by atoms with Gasteiger partial charge in [0.15, 0.2) is 0 Å². The van der Waals surface area contributed by atoms with Crippen molar-refractivity contribution in [2.45, 2.75) is 0 Å². The lowest BCUT2D eigenvalue weighted by molar-refractivity contribution is 0.865. The number of nitrogens with zero attached hydrogens (tertiary/aromatic N) is 4. The molecule has 0 aliphatic rings. The molecule has 0 saturated heterocycles. The molecule has 0 radical (unpaired) electrons. The Balaban J connectivity index is 1.68. The SMILES string of the molecule is S=c1[nH]nc(-c2cc(-c3ccccc3)n[nH]2)n1/N=C/c1ccc(Cl)c(Cl)c1. The van der Waals surface area contributed by atoms with Gasteiger partial charge in [-0.15, -0.1) is 0 Å². The van der Waals surface area contributed by atoms with E-state index < -0.39 is 0 Å². The zero-order valence-corrected chi connectivity index (χ0v) is 16.1. The van der Waals surface area contributed by atoms with E-state index in [1.165, 1.54) is 4.68 Å². The molecule has 2 aromatic carbocycles. The molecule has 0 aliphatic heterocycles. The van der Waals surface area contributed by atoms with Crippen molar-refractivity contribution >= 4 is 41.6 Å². The van der Waals surface area contributed by atoms with Gasteiger partial charge in [0.05, 0.1) is 22.0 Å². The fourth-order valence-electron chi connectivity index (χ4n) is 2.48. The van der Waals surface area contributed by atoms with Gasteiger partial charge in [0.1, 0.15) is 5.69 Å². The van der Waals surface area contributed by atoms with E-state index >= 15 is 0 Å². The standard InChI is InChI=1S/C18H12Cl2N6S/c19-13-7-6-11(8-14(13)20)10-21-26-17(24-25-18(26)27)16-9-15(22-23-16)12-4-2-1-3-5-12/h1-10H,(H,22,23)(H,25,27)/b21-10+. The van der Waals surface area contributed by atoms with Crippen LogP contribution in [0, 0.1) is 4.77 Å². The van der Waals surface area contributed by atoms with Crippen molar-refractivity contribution in [1.82, 2.24) is 25.1 Å². The van der Waals surface area contributed by atoms with Crippen molar-refractivity contribution in [3.8, 4) is 22.8 Å². The van der Waals surface area contributed by atoms with Crippen LogP contribution in [0.4, 0.5) is 0 Å². The molecule has 134 valence electrons. The van der Waals surface area contributed by atoms with Crippen LogP contribution in [-0.4, -0.2) is 31.3 Å². The van der Waals surface area contributed by atoms with Crippen molar-refractivity contribution in [1.29, 1.82) is 0 Å². The molecule has 4 aromatic rings. The molecule has 0 aliphatic carbocycles. The number of hydrogen-bond donors (Lipinski definition) is 2. The van der Waals surface area contributed by atoms with E-state index in [-0.39, 0.29) is 0 Å². The van der Waals surface area contributed by atoms with Crippen molar-refractivity contribution in [3.63, 3.8) is 0 Å². The highest BCUT2D eigenvalue weighted by molar-refractivity contribution is 7.71. The number of nitrogens with one attached hydrogen (secondary N) is 2. The third-order valence-corrected chi connectivity index (χ3v) is 4.81. The summed E-state index contributed by atoms with van der Waals surface area (Å²) >= 11 is 17.3. The van der Waals surface area contributed by atoms with Crippen LogP contribution >= 0.6 is 35.4 Å². The van der Waals surface area contributed by atoms with Crippen LogP contribution < -0.4 is 0 Å². The lowest BCUT2D eigenvalue weighted by atomic mass is 10.1. The number of H-pyrrole nitrogens is 2. The first kappa shape index (κ1) is 17.7. The minimum Gasteiger partial charge on any atom is -0.274 e. The van der Waals surface area contributed by atoms with Gasteiger partial charge in [0.2, 0.25) is 10.6 Å². The predicted molar refractivity (Wildman–Crippen MR) is 110 cm³/mol. The van der Waals surface area contributed by atoms with Gasteiger partial charge in [0, 0.05) is 5.56 Å². The summed E-state index contributed by atoms with van der Waals surface area (Å²) in [5, 5.41) is 19.7. The smallest absolute Gasteiger partial charge is 0.216 e.